The fourth-order valence-corrected chi connectivity index (χ4v) is 8.21. The molecule has 6 rings (SSSR count). The Labute approximate surface area is 305 Å². The third-order valence-corrected chi connectivity index (χ3v) is 10.6. The van der Waals surface area contributed by atoms with Crippen LogP contribution in [0.25, 0.3) is 0 Å². The summed E-state index contributed by atoms with van der Waals surface area (Å²) in [7, 11) is 0. The molecule has 1 spiro atoms. The topological polar surface area (TPSA) is 125 Å². The molecule has 3 aromatic rings. The van der Waals surface area contributed by atoms with Crippen LogP contribution < -0.4 is 5.32 Å². The van der Waals surface area contributed by atoms with Gasteiger partial charge in [0, 0.05) is 19.5 Å². The Balaban J connectivity index is 1.34. The zero-order chi connectivity index (χ0) is 36.7. The van der Waals surface area contributed by atoms with Crippen LogP contribution in [-0.4, -0.2) is 82.1 Å². The lowest BCUT2D eigenvalue weighted by atomic mass is 9.70. The first-order chi connectivity index (χ1) is 25.3. The average molecular weight is 706 g/mol. The third-order valence-electron chi connectivity index (χ3n) is 10.6. The number of carbonyl (C=O) groups excluding carboxylic acids is 4. The first kappa shape index (κ1) is 36.7. The Bertz CT molecular complexity index is 1740. The van der Waals surface area contributed by atoms with Crippen molar-refractivity contribution in [3.8, 4) is 0 Å². The number of amides is 3. The summed E-state index contributed by atoms with van der Waals surface area (Å²) in [5.41, 5.74) is 1.27. The summed E-state index contributed by atoms with van der Waals surface area (Å²) >= 11 is 0. The van der Waals surface area contributed by atoms with Crippen molar-refractivity contribution in [3.63, 3.8) is 0 Å². The summed E-state index contributed by atoms with van der Waals surface area (Å²) in [6, 6.07) is 25.8. The van der Waals surface area contributed by atoms with Crippen LogP contribution in [0, 0.1) is 11.8 Å². The van der Waals surface area contributed by atoms with Crippen LogP contribution in [-0.2, 0) is 41.6 Å². The molecule has 0 aromatic heterocycles. The van der Waals surface area contributed by atoms with Crippen LogP contribution in [0.5, 0.6) is 0 Å². The fourth-order valence-electron chi connectivity index (χ4n) is 8.21. The maximum Gasteiger partial charge on any atom is 0.306 e. The summed E-state index contributed by atoms with van der Waals surface area (Å²) in [6.07, 6.45) is 4.54. The van der Waals surface area contributed by atoms with Crippen LogP contribution in [0.1, 0.15) is 48.4 Å². The first-order valence-electron chi connectivity index (χ1n) is 18.0. The molecular formula is C42H47N3O7. The molecular weight excluding hydrogens is 658 g/mol. The lowest BCUT2D eigenvalue weighted by molar-refractivity contribution is -0.151. The number of ether oxygens (including phenoxy) is 2. The van der Waals surface area contributed by atoms with Gasteiger partial charge >= 0.3 is 5.97 Å². The summed E-state index contributed by atoms with van der Waals surface area (Å²) in [5.74, 6) is -3.39. The van der Waals surface area contributed by atoms with Gasteiger partial charge in [0.15, 0.2) is 0 Å². The van der Waals surface area contributed by atoms with Gasteiger partial charge in [-0.25, -0.2) is 0 Å². The molecule has 0 aliphatic carbocycles. The molecule has 10 nitrogen and oxygen atoms in total. The average Bonchev–Trinajstić information content (AvgIpc) is 3.82. The monoisotopic (exact) mass is 705 g/mol. The number of rotatable bonds is 17. The lowest BCUT2D eigenvalue weighted by Gasteiger charge is -2.39. The number of hydrogen-bond donors (Lipinski definition) is 2. The van der Waals surface area contributed by atoms with Crippen molar-refractivity contribution in [3.05, 3.63) is 133 Å². The van der Waals surface area contributed by atoms with Gasteiger partial charge in [0.25, 0.3) is 0 Å². The Morgan fingerprint density at radius 3 is 2.27 bits per heavy atom. The van der Waals surface area contributed by atoms with E-state index in [1.54, 1.807) is 17.1 Å². The Hall–Kier alpha value is -5.06. The number of allylic oxidation sites excluding steroid dienone is 1. The number of aliphatic hydroxyl groups is 1. The minimum atomic E-state index is -1.28. The molecule has 272 valence electrons. The molecule has 3 amide bonds. The number of aliphatic hydroxyl groups excluding tert-OH is 1. The van der Waals surface area contributed by atoms with Crippen molar-refractivity contribution in [1.29, 1.82) is 0 Å². The molecule has 52 heavy (non-hydrogen) atoms. The van der Waals surface area contributed by atoms with E-state index in [2.05, 4.69) is 18.5 Å². The second-order valence-corrected chi connectivity index (χ2v) is 13.8. The molecule has 2 bridgehead atoms. The maximum absolute atomic E-state index is 14.9. The van der Waals surface area contributed by atoms with Crippen molar-refractivity contribution in [1.82, 2.24) is 15.1 Å². The van der Waals surface area contributed by atoms with Crippen LogP contribution in [0.4, 0.5) is 0 Å². The molecule has 0 saturated carbocycles. The quantitative estimate of drug-likeness (QED) is 0.156. The summed E-state index contributed by atoms with van der Waals surface area (Å²) in [5, 5.41) is 13.9. The highest BCUT2D eigenvalue weighted by Crippen LogP contribution is 2.59. The molecule has 3 saturated heterocycles. The fraction of sp³-hybridized carbons (Fsp3) is 0.381. The van der Waals surface area contributed by atoms with Gasteiger partial charge in [0.2, 0.25) is 17.7 Å². The highest BCUT2D eigenvalue weighted by molar-refractivity contribution is 5.99. The molecule has 10 heteroatoms. The van der Waals surface area contributed by atoms with Crippen molar-refractivity contribution in [2.75, 3.05) is 19.8 Å². The van der Waals surface area contributed by atoms with Gasteiger partial charge in [-0.1, -0.05) is 103 Å². The van der Waals surface area contributed by atoms with Crippen molar-refractivity contribution in [2.45, 2.75) is 68.5 Å². The van der Waals surface area contributed by atoms with E-state index >= 15 is 0 Å². The summed E-state index contributed by atoms with van der Waals surface area (Å²) in [4.78, 5) is 59.9. The predicted molar refractivity (Wildman–Crippen MR) is 195 cm³/mol. The number of fused-ring (bicyclic) bond motifs is 1. The van der Waals surface area contributed by atoms with Gasteiger partial charge in [-0.2, -0.15) is 0 Å². The van der Waals surface area contributed by atoms with Crippen molar-refractivity contribution < 1.29 is 33.8 Å². The van der Waals surface area contributed by atoms with Crippen LogP contribution in [0.15, 0.2) is 116 Å². The van der Waals surface area contributed by atoms with Gasteiger partial charge in [-0.3, -0.25) is 19.2 Å². The summed E-state index contributed by atoms with van der Waals surface area (Å²) < 4.78 is 12.3. The molecule has 3 aromatic carbocycles. The molecule has 0 radical (unpaired) electrons. The minimum Gasteiger partial charge on any atom is -0.463 e. The van der Waals surface area contributed by atoms with Gasteiger partial charge < -0.3 is 29.7 Å². The van der Waals surface area contributed by atoms with E-state index in [1.807, 2.05) is 91.0 Å². The highest BCUT2D eigenvalue weighted by Gasteiger charge is 2.75. The normalized spacial score (nSPS) is 24.1. The third kappa shape index (κ3) is 7.45. The van der Waals surface area contributed by atoms with Gasteiger partial charge in [-0.05, 0) is 42.4 Å². The number of nitrogens with zero attached hydrogens (tertiary/aromatic N) is 2. The van der Waals surface area contributed by atoms with Crippen LogP contribution in [0.3, 0.4) is 0 Å². The number of benzene rings is 3. The van der Waals surface area contributed by atoms with Crippen LogP contribution in [0.2, 0.25) is 0 Å². The molecule has 3 fully saturated rings. The Kier molecular flexibility index (Phi) is 11.7. The number of likely N-dealkylation sites (tertiary alicyclic amines) is 1. The van der Waals surface area contributed by atoms with E-state index < -0.39 is 53.5 Å². The molecule has 3 aliphatic heterocycles. The standard InChI is InChI=1S/C42H47N3O7/c1-3-5-21-35(47)51-28-33(31-19-13-8-14-20-31)43-39(48)36-34-22-23-42(52-34)37(36)40(49)45(32(27-46)25-29-15-9-6-10-16-29)38(42)41(50)44(24-4-2)26-30-17-11-7-12-18-30/h3-4,6-20,32-34,36-38,46H,1-2,5,21-28H2,(H,43,48)/t32-,33+,34-,36+,37+,38-,42+/m1/s1. The van der Waals surface area contributed by atoms with E-state index in [-0.39, 0.29) is 44.5 Å². The first-order valence-corrected chi connectivity index (χ1v) is 18.0. The van der Waals surface area contributed by atoms with E-state index in [0.717, 1.165) is 16.7 Å². The SMILES string of the molecule is C=CCCC(=O)OC[C@H](NC(=O)[C@@H]1[C@H]2C(=O)N([C@@H](CO)Cc3ccccc3)[C@H](C(=O)N(CC=C)Cc3ccccc3)[C@]23CC[C@H]1O3)c1ccccc1. The van der Waals surface area contributed by atoms with Crippen molar-refractivity contribution >= 4 is 23.7 Å². The van der Waals surface area contributed by atoms with Gasteiger partial charge in [0.05, 0.1) is 36.6 Å². The second-order valence-electron chi connectivity index (χ2n) is 13.8. The minimum absolute atomic E-state index is 0.0966. The predicted octanol–water partition coefficient (Wildman–Crippen LogP) is 4.55. The summed E-state index contributed by atoms with van der Waals surface area (Å²) in [6.45, 7) is 7.58. The molecule has 3 aliphatic rings. The number of carbonyl (C=O) groups is 4. The molecule has 3 heterocycles. The molecule has 0 unspecified atom stereocenters. The van der Waals surface area contributed by atoms with E-state index in [1.165, 1.54) is 4.90 Å². The maximum atomic E-state index is 14.9. The zero-order valence-corrected chi connectivity index (χ0v) is 29.3. The highest BCUT2D eigenvalue weighted by atomic mass is 16.5. The number of nitrogens with one attached hydrogen (secondary N) is 1. The molecule has 7 atom stereocenters. The molecule has 2 N–H and O–H groups in total. The number of esters is 1. The largest absolute Gasteiger partial charge is 0.463 e. The van der Waals surface area contributed by atoms with E-state index in [4.69, 9.17) is 9.47 Å². The lowest BCUT2D eigenvalue weighted by Crippen LogP contribution is -2.59. The van der Waals surface area contributed by atoms with Gasteiger partial charge in [-0.15, -0.1) is 13.2 Å². The second kappa shape index (κ2) is 16.5. The zero-order valence-electron chi connectivity index (χ0n) is 29.3. The van der Waals surface area contributed by atoms with Gasteiger partial charge in [0.1, 0.15) is 18.2 Å². The Morgan fingerprint density at radius 2 is 1.63 bits per heavy atom. The van der Waals surface area contributed by atoms with E-state index in [9.17, 15) is 24.3 Å². The van der Waals surface area contributed by atoms with Crippen LogP contribution >= 0.6 is 0 Å². The smallest absolute Gasteiger partial charge is 0.306 e. The number of hydrogen-bond acceptors (Lipinski definition) is 7. The van der Waals surface area contributed by atoms with Crippen molar-refractivity contribution in [2.24, 2.45) is 11.8 Å². The van der Waals surface area contributed by atoms with E-state index in [0.29, 0.717) is 25.7 Å². The Morgan fingerprint density at radius 1 is 0.981 bits per heavy atom.